The molecular formula is C17H14N2O3S. The van der Waals surface area contributed by atoms with Crippen LogP contribution in [0.3, 0.4) is 0 Å². The molecule has 0 unspecified atom stereocenters. The Balaban J connectivity index is 1.75. The SMILES string of the molecule is O=C(Cc1ccc2cc(C(=O)NO)sc2c1)Nc1ccccc1. The van der Waals surface area contributed by atoms with Crippen LogP contribution in [0.15, 0.2) is 54.6 Å². The second-order valence-corrected chi connectivity index (χ2v) is 6.10. The van der Waals surface area contributed by atoms with Gasteiger partial charge in [-0.25, -0.2) is 5.48 Å². The smallest absolute Gasteiger partial charge is 0.284 e. The van der Waals surface area contributed by atoms with Crippen LogP contribution in [0.5, 0.6) is 0 Å². The molecule has 0 aliphatic heterocycles. The molecule has 0 saturated heterocycles. The fourth-order valence-corrected chi connectivity index (χ4v) is 3.28. The van der Waals surface area contributed by atoms with Crippen LogP contribution in [0.4, 0.5) is 5.69 Å². The lowest BCUT2D eigenvalue weighted by molar-refractivity contribution is -0.115. The van der Waals surface area contributed by atoms with Gasteiger partial charge >= 0.3 is 0 Å². The van der Waals surface area contributed by atoms with Gasteiger partial charge in [0.05, 0.1) is 11.3 Å². The average Bonchev–Trinajstić information content (AvgIpc) is 2.98. The highest BCUT2D eigenvalue weighted by molar-refractivity contribution is 7.20. The number of hydrogen-bond acceptors (Lipinski definition) is 4. The van der Waals surface area contributed by atoms with Crippen LogP contribution < -0.4 is 10.8 Å². The van der Waals surface area contributed by atoms with E-state index in [1.54, 1.807) is 11.5 Å². The summed E-state index contributed by atoms with van der Waals surface area (Å²) in [5.74, 6) is -0.630. The number of hydroxylamine groups is 1. The molecule has 3 aromatic rings. The van der Waals surface area contributed by atoms with Gasteiger partial charge in [0.1, 0.15) is 0 Å². The predicted molar refractivity (Wildman–Crippen MR) is 89.9 cm³/mol. The summed E-state index contributed by atoms with van der Waals surface area (Å²) in [4.78, 5) is 23.9. The van der Waals surface area contributed by atoms with E-state index in [0.29, 0.717) is 4.88 Å². The Hall–Kier alpha value is -2.70. The molecule has 2 amide bonds. The van der Waals surface area contributed by atoms with Crippen LogP contribution in [-0.4, -0.2) is 17.0 Å². The van der Waals surface area contributed by atoms with E-state index in [9.17, 15) is 9.59 Å². The molecule has 0 saturated carbocycles. The Morgan fingerprint density at radius 3 is 2.57 bits per heavy atom. The number of carbonyl (C=O) groups excluding carboxylic acids is 2. The highest BCUT2D eigenvalue weighted by Crippen LogP contribution is 2.27. The molecule has 23 heavy (non-hydrogen) atoms. The van der Waals surface area contributed by atoms with Crippen molar-refractivity contribution in [1.82, 2.24) is 5.48 Å². The summed E-state index contributed by atoms with van der Waals surface area (Å²) in [5.41, 5.74) is 3.25. The number of anilines is 1. The van der Waals surface area contributed by atoms with Crippen molar-refractivity contribution in [3.05, 3.63) is 65.0 Å². The van der Waals surface area contributed by atoms with Crippen LogP contribution in [-0.2, 0) is 11.2 Å². The summed E-state index contributed by atoms with van der Waals surface area (Å²) >= 11 is 1.27. The number of thiophene rings is 1. The van der Waals surface area contributed by atoms with Crippen molar-refractivity contribution < 1.29 is 14.8 Å². The standard InChI is InChI=1S/C17H14N2O3S/c20-16(18-13-4-2-1-3-5-13)9-11-6-7-12-10-15(17(21)19-22)23-14(12)8-11/h1-8,10,22H,9H2,(H,18,20)(H,19,21). The monoisotopic (exact) mass is 326 g/mol. The van der Waals surface area contributed by atoms with E-state index in [4.69, 9.17) is 5.21 Å². The van der Waals surface area contributed by atoms with E-state index in [0.717, 1.165) is 21.3 Å². The van der Waals surface area contributed by atoms with Gasteiger partial charge in [0.25, 0.3) is 5.91 Å². The molecule has 3 rings (SSSR count). The lowest BCUT2D eigenvalue weighted by Crippen LogP contribution is -2.16. The van der Waals surface area contributed by atoms with E-state index in [1.807, 2.05) is 48.5 Å². The number of amides is 2. The molecule has 0 atom stereocenters. The largest absolute Gasteiger partial charge is 0.326 e. The van der Waals surface area contributed by atoms with E-state index in [1.165, 1.54) is 11.3 Å². The summed E-state index contributed by atoms with van der Waals surface area (Å²) in [7, 11) is 0. The number of rotatable bonds is 4. The average molecular weight is 326 g/mol. The summed E-state index contributed by atoms with van der Waals surface area (Å²) in [6, 6.07) is 16.6. The van der Waals surface area contributed by atoms with Crippen LogP contribution in [0.1, 0.15) is 15.2 Å². The fraction of sp³-hybridized carbons (Fsp3) is 0.0588. The van der Waals surface area contributed by atoms with Gasteiger partial charge in [-0.2, -0.15) is 0 Å². The van der Waals surface area contributed by atoms with E-state index < -0.39 is 5.91 Å². The first-order valence-electron chi connectivity index (χ1n) is 6.97. The number of para-hydroxylation sites is 1. The van der Waals surface area contributed by atoms with Crippen LogP contribution in [0.25, 0.3) is 10.1 Å². The molecule has 116 valence electrons. The summed E-state index contributed by atoms with van der Waals surface area (Å²) in [6.07, 6.45) is 0.254. The molecule has 3 N–H and O–H groups in total. The van der Waals surface area contributed by atoms with Gasteiger partial charge in [0.2, 0.25) is 5.91 Å². The van der Waals surface area contributed by atoms with Crippen molar-refractivity contribution in [1.29, 1.82) is 0 Å². The first kappa shape index (κ1) is 15.2. The summed E-state index contributed by atoms with van der Waals surface area (Å²) in [5, 5.41) is 12.4. The van der Waals surface area contributed by atoms with Crippen molar-refractivity contribution in [3.8, 4) is 0 Å². The quantitative estimate of drug-likeness (QED) is 0.509. The number of carbonyl (C=O) groups is 2. The first-order chi connectivity index (χ1) is 11.2. The maximum Gasteiger partial charge on any atom is 0.284 e. The maximum atomic E-state index is 12.1. The van der Waals surface area contributed by atoms with Crippen molar-refractivity contribution in [2.75, 3.05) is 5.32 Å². The third-order valence-electron chi connectivity index (χ3n) is 3.33. The zero-order chi connectivity index (χ0) is 16.2. The van der Waals surface area contributed by atoms with Gasteiger partial charge in [-0.05, 0) is 35.2 Å². The Morgan fingerprint density at radius 2 is 1.83 bits per heavy atom. The van der Waals surface area contributed by atoms with Crippen LogP contribution in [0, 0.1) is 0 Å². The Labute approximate surface area is 136 Å². The molecule has 6 heteroatoms. The zero-order valence-electron chi connectivity index (χ0n) is 12.1. The molecule has 1 heterocycles. The molecule has 2 aromatic carbocycles. The second-order valence-electron chi connectivity index (χ2n) is 5.01. The minimum atomic E-state index is -0.533. The Kier molecular flexibility index (Phi) is 4.36. The minimum Gasteiger partial charge on any atom is -0.326 e. The highest BCUT2D eigenvalue weighted by atomic mass is 32.1. The van der Waals surface area contributed by atoms with Gasteiger partial charge in [0.15, 0.2) is 0 Å². The maximum absolute atomic E-state index is 12.1. The Morgan fingerprint density at radius 1 is 1.04 bits per heavy atom. The third-order valence-corrected chi connectivity index (χ3v) is 4.43. The predicted octanol–water partition coefficient (Wildman–Crippen LogP) is 3.20. The lowest BCUT2D eigenvalue weighted by Gasteiger charge is -2.05. The normalized spacial score (nSPS) is 10.5. The van der Waals surface area contributed by atoms with Gasteiger partial charge in [0, 0.05) is 10.4 Å². The zero-order valence-corrected chi connectivity index (χ0v) is 12.9. The third kappa shape index (κ3) is 3.56. The first-order valence-corrected chi connectivity index (χ1v) is 7.79. The molecule has 0 fully saturated rings. The molecule has 0 radical (unpaired) electrons. The molecule has 0 aliphatic rings. The van der Waals surface area contributed by atoms with E-state index >= 15 is 0 Å². The number of hydrogen-bond donors (Lipinski definition) is 3. The van der Waals surface area contributed by atoms with Gasteiger partial charge < -0.3 is 5.32 Å². The Bertz CT molecular complexity index is 859. The molecule has 1 aromatic heterocycles. The molecule has 0 aliphatic carbocycles. The summed E-state index contributed by atoms with van der Waals surface area (Å²) in [6.45, 7) is 0. The van der Waals surface area contributed by atoms with Gasteiger partial charge in [-0.3, -0.25) is 14.8 Å². The van der Waals surface area contributed by atoms with Gasteiger partial charge in [-0.15, -0.1) is 11.3 Å². The van der Waals surface area contributed by atoms with Crippen molar-refractivity contribution in [2.45, 2.75) is 6.42 Å². The second kappa shape index (κ2) is 6.60. The van der Waals surface area contributed by atoms with Crippen LogP contribution >= 0.6 is 11.3 Å². The van der Waals surface area contributed by atoms with Gasteiger partial charge in [-0.1, -0.05) is 30.3 Å². The fourth-order valence-electron chi connectivity index (χ4n) is 2.26. The van der Waals surface area contributed by atoms with Crippen molar-refractivity contribution >= 4 is 38.9 Å². The molecule has 5 nitrogen and oxygen atoms in total. The molecule has 0 bridgehead atoms. The van der Waals surface area contributed by atoms with Crippen LogP contribution in [0.2, 0.25) is 0 Å². The van der Waals surface area contributed by atoms with E-state index in [-0.39, 0.29) is 12.3 Å². The van der Waals surface area contributed by atoms with E-state index in [2.05, 4.69) is 5.32 Å². The van der Waals surface area contributed by atoms with Crippen molar-refractivity contribution in [3.63, 3.8) is 0 Å². The molecular weight excluding hydrogens is 312 g/mol. The van der Waals surface area contributed by atoms with Crippen molar-refractivity contribution in [2.24, 2.45) is 0 Å². The molecule has 0 spiro atoms. The highest BCUT2D eigenvalue weighted by Gasteiger charge is 2.11. The minimum absolute atomic E-state index is 0.0968. The topological polar surface area (TPSA) is 78.4 Å². The lowest BCUT2D eigenvalue weighted by atomic mass is 10.1. The number of fused-ring (bicyclic) bond motifs is 1. The number of nitrogens with one attached hydrogen (secondary N) is 2. The number of benzene rings is 2. The summed E-state index contributed by atoms with van der Waals surface area (Å²) < 4.78 is 0.897.